The fourth-order valence-electron chi connectivity index (χ4n) is 3.16. The number of halogens is 2. The number of primary amides is 1. The third kappa shape index (κ3) is 9.63. The van der Waals surface area contributed by atoms with E-state index in [9.17, 15) is 14.4 Å². The number of nitrogens with zero attached hydrogens (tertiary/aromatic N) is 1. The van der Waals surface area contributed by atoms with E-state index in [1.54, 1.807) is 23.1 Å². The van der Waals surface area contributed by atoms with Crippen molar-refractivity contribution in [1.29, 1.82) is 0 Å². The molecular formula is C22H34Cl2N4O6. The lowest BCUT2D eigenvalue weighted by molar-refractivity contribution is -0.163. The van der Waals surface area contributed by atoms with Crippen LogP contribution in [0.4, 0.5) is 4.79 Å². The molecule has 0 aromatic heterocycles. The lowest BCUT2D eigenvalue weighted by atomic mass is 10.0. The number of rotatable bonds is 14. The summed E-state index contributed by atoms with van der Waals surface area (Å²) in [5.41, 5.74) is 11.2. The van der Waals surface area contributed by atoms with E-state index in [1.165, 1.54) is 0 Å². The summed E-state index contributed by atoms with van der Waals surface area (Å²) in [6, 6.07) is 3.63. The minimum absolute atomic E-state index is 0.0898. The molecule has 3 amide bonds. The van der Waals surface area contributed by atoms with Gasteiger partial charge < -0.3 is 35.9 Å². The van der Waals surface area contributed by atoms with Gasteiger partial charge in [0.15, 0.2) is 12.4 Å². The van der Waals surface area contributed by atoms with E-state index in [-0.39, 0.29) is 25.6 Å². The van der Waals surface area contributed by atoms with E-state index in [0.29, 0.717) is 28.8 Å². The number of hydrogen-bond acceptors (Lipinski definition) is 7. The number of ether oxygens (including phenoxy) is 3. The van der Waals surface area contributed by atoms with Crippen molar-refractivity contribution in [1.82, 2.24) is 10.2 Å². The van der Waals surface area contributed by atoms with Gasteiger partial charge in [-0.1, -0.05) is 29.3 Å². The summed E-state index contributed by atoms with van der Waals surface area (Å²) in [4.78, 5) is 39.1. The quantitative estimate of drug-likeness (QED) is 0.318. The molecule has 0 aliphatic carbocycles. The summed E-state index contributed by atoms with van der Waals surface area (Å²) < 4.78 is 16.0. The molecule has 2 unspecified atom stereocenters. The molecule has 34 heavy (non-hydrogen) atoms. The van der Waals surface area contributed by atoms with Gasteiger partial charge in [-0.25, -0.2) is 4.79 Å². The van der Waals surface area contributed by atoms with E-state index in [1.807, 2.05) is 27.7 Å². The zero-order chi connectivity index (χ0) is 25.8. The van der Waals surface area contributed by atoms with Gasteiger partial charge in [-0.2, -0.15) is 0 Å². The predicted octanol–water partition coefficient (Wildman–Crippen LogP) is 2.08. The number of nitrogens with two attached hydrogens (primary N) is 2. The van der Waals surface area contributed by atoms with Crippen LogP contribution in [-0.4, -0.2) is 73.6 Å². The average Bonchev–Trinajstić information content (AvgIpc) is 2.77. The Bertz CT molecular complexity index is 821. The first-order valence-electron chi connectivity index (χ1n) is 11.0. The van der Waals surface area contributed by atoms with Crippen LogP contribution < -0.4 is 16.8 Å². The summed E-state index contributed by atoms with van der Waals surface area (Å²) in [5, 5.41) is 3.29. The summed E-state index contributed by atoms with van der Waals surface area (Å²) in [7, 11) is 0. The Morgan fingerprint density at radius 2 is 1.71 bits per heavy atom. The largest absolute Gasteiger partial charge is 0.435 e. The smallest absolute Gasteiger partial charge is 0.405 e. The highest BCUT2D eigenvalue weighted by molar-refractivity contribution is 6.42. The number of nitrogens with one attached hydrogen (secondary N) is 1. The third-order valence-electron chi connectivity index (χ3n) is 4.76. The number of benzene rings is 1. The second-order valence-corrected chi connectivity index (χ2v) is 8.41. The molecule has 2 atom stereocenters. The van der Waals surface area contributed by atoms with Gasteiger partial charge in [0.05, 0.1) is 16.6 Å². The SMILES string of the molecule is CCOC(CN(C(=O)C(Cc1ccc(Cl)c(Cl)c1)NC(=O)C(CN)OC(N)=O)C(C)C)OCC. The normalized spacial score (nSPS) is 13.0. The minimum atomic E-state index is -1.35. The molecule has 0 spiro atoms. The standard InChI is InChI=1S/C22H34Cl2N4O6/c1-5-32-19(33-6-2)12-28(13(3)4)21(30)17(10-14-7-8-15(23)16(24)9-14)27-20(29)18(11-25)34-22(26)31/h7-9,13,17-19H,5-6,10-12,25H2,1-4H3,(H2,26,31)(H,27,29). The van der Waals surface area contributed by atoms with Gasteiger partial charge in [0.1, 0.15) is 6.04 Å². The van der Waals surface area contributed by atoms with E-state index in [2.05, 4.69) is 5.32 Å². The highest BCUT2D eigenvalue weighted by Gasteiger charge is 2.32. The second-order valence-electron chi connectivity index (χ2n) is 7.60. The van der Waals surface area contributed by atoms with Crippen LogP contribution in [0.3, 0.4) is 0 Å². The third-order valence-corrected chi connectivity index (χ3v) is 5.50. The molecule has 0 aliphatic heterocycles. The molecule has 0 heterocycles. The van der Waals surface area contributed by atoms with Crippen LogP contribution in [0.2, 0.25) is 10.0 Å². The Balaban J connectivity index is 3.25. The van der Waals surface area contributed by atoms with Crippen LogP contribution >= 0.6 is 23.2 Å². The topological polar surface area (TPSA) is 146 Å². The molecule has 10 nitrogen and oxygen atoms in total. The number of amides is 3. The summed E-state index contributed by atoms with van der Waals surface area (Å²) in [6.45, 7) is 7.96. The monoisotopic (exact) mass is 520 g/mol. The average molecular weight is 521 g/mol. The van der Waals surface area contributed by atoms with Gasteiger partial charge in [0.25, 0.3) is 5.91 Å². The van der Waals surface area contributed by atoms with Gasteiger partial charge >= 0.3 is 6.09 Å². The molecule has 0 saturated carbocycles. The van der Waals surface area contributed by atoms with Gasteiger partial charge in [0, 0.05) is 32.2 Å². The zero-order valence-corrected chi connectivity index (χ0v) is 21.4. The Labute approximate surface area is 210 Å². The van der Waals surface area contributed by atoms with Crippen LogP contribution in [0.1, 0.15) is 33.3 Å². The molecule has 0 radical (unpaired) electrons. The highest BCUT2D eigenvalue weighted by atomic mass is 35.5. The molecule has 1 aromatic carbocycles. The maximum absolute atomic E-state index is 13.6. The maximum Gasteiger partial charge on any atom is 0.405 e. The van der Waals surface area contributed by atoms with E-state index < -0.39 is 36.3 Å². The minimum Gasteiger partial charge on any atom is -0.435 e. The maximum atomic E-state index is 13.6. The molecule has 5 N–H and O–H groups in total. The Morgan fingerprint density at radius 3 is 2.18 bits per heavy atom. The molecule has 1 aromatic rings. The molecule has 12 heteroatoms. The van der Waals surface area contributed by atoms with Crippen LogP contribution in [-0.2, 0) is 30.2 Å². The fourth-order valence-corrected chi connectivity index (χ4v) is 3.48. The van der Waals surface area contributed by atoms with Crippen molar-refractivity contribution < 1.29 is 28.6 Å². The van der Waals surface area contributed by atoms with Crippen molar-refractivity contribution in [2.45, 2.75) is 58.6 Å². The lowest BCUT2D eigenvalue weighted by Gasteiger charge is -2.34. The first kappa shape index (κ1) is 29.9. The number of hydrogen-bond donors (Lipinski definition) is 3. The Kier molecular flexibility index (Phi) is 13.2. The summed E-state index contributed by atoms with van der Waals surface area (Å²) in [6.07, 6.45) is -3.06. The highest BCUT2D eigenvalue weighted by Crippen LogP contribution is 2.23. The summed E-state index contributed by atoms with van der Waals surface area (Å²) in [5.74, 6) is -1.15. The van der Waals surface area contributed by atoms with Crippen molar-refractivity contribution in [3.8, 4) is 0 Å². The van der Waals surface area contributed by atoms with E-state index >= 15 is 0 Å². The summed E-state index contributed by atoms with van der Waals surface area (Å²) >= 11 is 12.1. The molecule has 0 aliphatic rings. The molecule has 0 saturated heterocycles. The molecule has 0 fully saturated rings. The first-order chi connectivity index (χ1) is 16.0. The van der Waals surface area contributed by atoms with Crippen molar-refractivity contribution in [2.24, 2.45) is 11.5 Å². The van der Waals surface area contributed by atoms with Gasteiger partial charge in [0.2, 0.25) is 5.91 Å². The van der Waals surface area contributed by atoms with E-state index in [0.717, 1.165) is 0 Å². The molecule has 0 bridgehead atoms. The van der Waals surface area contributed by atoms with Crippen molar-refractivity contribution >= 4 is 41.1 Å². The van der Waals surface area contributed by atoms with Crippen molar-refractivity contribution in [2.75, 3.05) is 26.3 Å². The van der Waals surface area contributed by atoms with Gasteiger partial charge in [-0.05, 0) is 45.4 Å². The van der Waals surface area contributed by atoms with Crippen LogP contribution in [0.25, 0.3) is 0 Å². The Hall–Kier alpha value is -2.11. The van der Waals surface area contributed by atoms with Crippen molar-refractivity contribution in [3.63, 3.8) is 0 Å². The Morgan fingerprint density at radius 1 is 1.09 bits per heavy atom. The second kappa shape index (κ2) is 15.0. The predicted molar refractivity (Wildman–Crippen MR) is 129 cm³/mol. The number of carbonyl (C=O) groups excluding carboxylic acids is 3. The van der Waals surface area contributed by atoms with Crippen LogP contribution in [0, 0.1) is 0 Å². The first-order valence-corrected chi connectivity index (χ1v) is 11.7. The molecule has 1 rings (SSSR count). The zero-order valence-electron chi connectivity index (χ0n) is 19.9. The fraction of sp³-hybridized carbons (Fsp3) is 0.591. The van der Waals surface area contributed by atoms with E-state index in [4.69, 9.17) is 48.9 Å². The van der Waals surface area contributed by atoms with Crippen LogP contribution in [0.15, 0.2) is 18.2 Å². The van der Waals surface area contributed by atoms with Crippen molar-refractivity contribution in [3.05, 3.63) is 33.8 Å². The van der Waals surface area contributed by atoms with Gasteiger partial charge in [-0.15, -0.1) is 0 Å². The van der Waals surface area contributed by atoms with Crippen LogP contribution in [0.5, 0.6) is 0 Å². The lowest BCUT2D eigenvalue weighted by Crippen LogP contribution is -2.56. The molecule has 192 valence electrons. The molecular weight excluding hydrogens is 487 g/mol. The number of carbonyl (C=O) groups is 3. The van der Waals surface area contributed by atoms with Gasteiger partial charge in [-0.3, -0.25) is 9.59 Å².